The summed E-state index contributed by atoms with van der Waals surface area (Å²) in [5, 5.41) is 3.02. The number of carbonyl (C=O) groups excluding carboxylic acids is 1. The molecule has 0 bridgehead atoms. The normalized spacial score (nSPS) is 10.6. The molecule has 0 unspecified atom stereocenters. The molecule has 2 N–H and O–H groups in total. The lowest BCUT2D eigenvalue weighted by atomic mass is 10.2. The fourth-order valence-electron chi connectivity index (χ4n) is 1.83. The highest BCUT2D eigenvalue weighted by atomic mass is 32.2. The number of amides is 1. The minimum atomic E-state index is -2.95. The summed E-state index contributed by atoms with van der Waals surface area (Å²) in [4.78, 5) is 29.4. The zero-order chi connectivity index (χ0) is 18.2. The van der Waals surface area contributed by atoms with Crippen LogP contribution in [0.1, 0.15) is 5.56 Å². The maximum Gasteiger partial charge on any atom is 0.387 e. The van der Waals surface area contributed by atoms with Crippen molar-refractivity contribution in [1.29, 1.82) is 0 Å². The van der Waals surface area contributed by atoms with Gasteiger partial charge in [0.15, 0.2) is 16.7 Å². The number of ether oxygens (including phenoxy) is 2. The van der Waals surface area contributed by atoms with E-state index < -0.39 is 6.61 Å². The second-order valence-corrected chi connectivity index (χ2v) is 5.63. The van der Waals surface area contributed by atoms with E-state index >= 15 is 0 Å². The Kier molecular flexibility index (Phi) is 6.75. The van der Waals surface area contributed by atoms with Crippen LogP contribution in [0.25, 0.3) is 0 Å². The van der Waals surface area contributed by atoms with E-state index in [2.05, 4.69) is 20.0 Å². The van der Waals surface area contributed by atoms with Crippen molar-refractivity contribution < 1.29 is 23.0 Å². The van der Waals surface area contributed by atoms with Crippen LogP contribution in [0.4, 0.5) is 8.78 Å². The van der Waals surface area contributed by atoms with Gasteiger partial charge in [-0.05, 0) is 17.7 Å². The number of aromatic amines is 1. The molecular weight excluding hydrogens is 356 g/mol. The average molecular weight is 371 g/mol. The van der Waals surface area contributed by atoms with Gasteiger partial charge in [-0.2, -0.15) is 8.78 Å². The molecule has 10 heteroatoms. The molecule has 0 fully saturated rings. The molecule has 134 valence electrons. The first-order valence-electron chi connectivity index (χ1n) is 7.04. The first kappa shape index (κ1) is 18.7. The fourth-order valence-corrected chi connectivity index (χ4v) is 2.50. The Hall–Kier alpha value is -2.62. The summed E-state index contributed by atoms with van der Waals surface area (Å²) in [5.41, 5.74) is 0.360. The largest absolute Gasteiger partial charge is 0.493 e. The molecule has 0 aliphatic rings. The van der Waals surface area contributed by atoms with Gasteiger partial charge in [0.05, 0.1) is 12.9 Å². The Morgan fingerprint density at radius 2 is 2.16 bits per heavy atom. The molecule has 1 aromatic carbocycles. The number of rotatable bonds is 8. The van der Waals surface area contributed by atoms with Crippen LogP contribution in [0.5, 0.6) is 11.5 Å². The molecule has 0 aliphatic heterocycles. The molecule has 0 saturated carbocycles. The third-order valence-corrected chi connectivity index (χ3v) is 3.81. The van der Waals surface area contributed by atoms with Gasteiger partial charge in [-0.15, -0.1) is 0 Å². The zero-order valence-electron chi connectivity index (χ0n) is 13.1. The summed E-state index contributed by atoms with van der Waals surface area (Å²) in [7, 11) is 1.33. The SMILES string of the molecule is COc1cc(CNC(=O)CSc2nccc(=O)[nH]2)ccc1OC(F)F. The van der Waals surface area contributed by atoms with E-state index in [-0.39, 0.29) is 35.3 Å². The first-order chi connectivity index (χ1) is 12.0. The van der Waals surface area contributed by atoms with Crippen molar-refractivity contribution in [2.75, 3.05) is 12.9 Å². The van der Waals surface area contributed by atoms with Crippen LogP contribution in [-0.4, -0.2) is 35.3 Å². The number of benzene rings is 1. The second-order valence-electron chi connectivity index (χ2n) is 4.67. The number of nitrogens with zero attached hydrogens (tertiary/aromatic N) is 1. The molecule has 25 heavy (non-hydrogen) atoms. The van der Waals surface area contributed by atoms with Crippen LogP contribution >= 0.6 is 11.8 Å². The van der Waals surface area contributed by atoms with E-state index in [0.717, 1.165) is 11.8 Å². The van der Waals surface area contributed by atoms with Crippen molar-refractivity contribution in [2.45, 2.75) is 18.3 Å². The molecule has 2 aromatic rings. The molecule has 0 saturated heterocycles. The summed E-state index contributed by atoms with van der Waals surface area (Å²) in [6, 6.07) is 5.67. The predicted molar refractivity (Wildman–Crippen MR) is 87.1 cm³/mol. The van der Waals surface area contributed by atoms with Gasteiger partial charge in [-0.3, -0.25) is 9.59 Å². The summed E-state index contributed by atoms with van der Waals surface area (Å²) >= 11 is 1.09. The Bertz CT molecular complexity index is 785. The van der Waals surface area contributed by atoms with Gasteiger partial charge in [0.25, 0.3) is 5.56 Å². The van der Waals surface area contributed by atoms with Crippen molar-refractivity contribution in [1.82, 2.24) is 15.3 Å². The highest BCUT2D eigenvalue weighted by Crippen LogP contribution is 2.29. The number of alkyl halides is 2. The first-order valence-corrected chi connectivity index (χ1v) is 8.03. The van der Waals surface area contributed by atoms with Gasteiger partial charge >= 0.3 is 6.61 Å². The van der Waals surface area contributed by atoms with Gasteiger partial charge in [-0.1, -0.05) is 17.8 Å². The van der Waals surface area contributed by atoms with Crippen molar-refractivity contribution in [3.63, 3.8) is 0 Å². The van der Waals surface area contributed by atoms with Gasteiger partial charge in [-0.25, -0.2) is 4.98 Å². The molecular formula is C15H15F2N3O4S. The molecule has 0 atom stereocenters. The average Bonchev–Trinajstić information content (AvgIpc) is 2.58. The summed E-state index contributed by atoms with van der Waals surface area (Å²) in [6.07, 6.45) is 1.36. The van der Waals surface area contributed by atoms with Crippen molar-refractivity contribution in [3.8, 4) is 11.5 Å². The fraction of sp³-hybridized carbons (Fsp3) is 0.267. The van der Waals surface area contributed by atoms with Crippen LogP contribution < -0.4 is 20.3 Å². The van der Waals surface area contributed by atoms with Gasteiger partial charge in [0.1, 0.15) is 0 Å². The number of thioether (sulfide) groups is 1. The second kappa shape index (κ2) is 9.02. The van der Waals surface area contributed by atoms with E-state index in [1.165, 1.54) is 31.5 Å². The standard InChI is InChI=1S/C15H15F2N3O4S/c1-23-11-6-9(2-3-10(11)24-14(16)17)7-19-13(22)8-25-15-18-5-4-12(21)20-15/h2-6,14H,7-8H2,1H3,(H,19,22)(H,18,20,21). The lowest BCUT2D eigenvalue weighted by Gasteiger charge is -2.12. The van der Waals surface area contributed by atoms with Crippen LogP contribution in [0.2, 0.25) is 0 Å². The van der Waals surface area contributed by atoms with Crippen LogP contribution in [0, 0.1) is 0 Å². The van der Waals surface area contributed by atoms with E-state index in [9.17, 15) is 18.4 Å². The topological polar surface area (TPSA) is 93.3 Å². The number of carbonyl (C=O) groups is 1. The van der Waals surface area contributed by atoms with Gasteiger partial charge < -0.3 is 19.8 Å². The molecule has 1 heterocycles. The summed E-state index contributed by atoms with van der Waals surface area (Å²) in [5.74, 6) is -0.144. The van der Waals surface area contributed by atoms with Gasteiger partial charge in [0, 0.05) is 18.8 Å². The highest BCUT2D eigenvalue weighted by Gasteiger charge is 2.11. The third kappa shape index (κ3) is 6.07. The van der Waals surface area contributed by atoms with Crippen molar-refractivity contribution >= 4 is 17.7 Å². The van der Waals surface area contributed by atoms with E-state index in [1.54, 1.807) is 6.07 Å². The minimum Gasteiger partial charge on any atom is -0.493 e. The van der Waals surface area contributed by atoms with Crippen LogP contribution in [0.15, 0.2) is 40.4 Å². The lowest BCUT2D eigenvalue weighted by Crippen LogP contribution is -2.24. The Morgan fingerprint density at radius 1 is 1.36 bits per heavy atom. The molecule has 0 spiro atoms. The Morgan fingerprint density at radius 3 is 2.84 bits per heavy atom. The monoisotopic (exact) mass is 371 g/mol. The van der Waals surface area contributed by atoms with Gasteiger partial charge in [0.2, 0.25) is 5.91 Å². The number of H-pyrrole nitrogens is 1. The number of methoxy groups -OCH3 is 1. The quantitative estimate of drug-likeness (QED) is 0.543. The Balaban J connectivity index is 1.87. The molecule has 1 aromatic heterocycles. The number of hydrogen-bond acceptors (Lipinski definition) is 6. The van der Waals surface area contributed by atoms with Crippen molar-refractivity contribution in [2.24, 2.45) is 0 Å². The number of hydrogen-bond donors (Lipinski definition) is 2. The zero-order valence-corrected chi connectivity index (χ0v) is 13.9. The maximum atomic E-state index is 12.3. The number of halogens is 2. The van der Waals surface area contributed by atoms with Crippen LogP contribution in [-0.2, 0) is 11.3 Å². The molecule has 2 rings (SSSR count). The molecule has 0 aliphatic carbocycles. The van der Waals surface area contributed by atoms with E-state index in [1.807, 2.05) is 0 Å². The number of aromatic nitrogens is 2. The third-order valence-electron chi connectivity index (χ3n) is 2.92. The molecule has 0 radical (unpaired) electrons. The maximum absolute atomic E-state index is 12.3. The smallest absolute Gasteiger partial charge is 0.387 e. The Labute approximate surface area is 145 Å². The minimum absolute atomic E-state index is 0.0661. The van der Waals surface area contributed by atoms with E-state index in [0.29, 0.717) is 10.7 Å². The van der Waals surface area contributed by atoms with Crippen molar-refractivity contribution in [3.05, 3.63) is 46.4 Å². The molecule has 1 amide bonds. The summed E-state index contributed by atoms with van der Waals surface area (Å²) < 4.78 is 33.9. The van der Waals surface area contributed by atoms with E-state index in [4.69, 9.17) is 4.74 Å². The van der Waals surface area contributed by atoms with Crippen LogP contribution in [0.3, 0.4) is 0 Å². The predicted octanol–water partition coefficient (Wildman–Crippen LogP) is 1.79. The lowest BCUT2D eigenvalue weighted by molar-refractivity contribution is -0.118. The number of nitrogens with one attached hydrogen (secondary N) is 2. The highest BCUT2D eigenvalue weighted by molar-refractivity contribution is 7.99. The molecule has 7 nitrogen and oxygen atoms in total. The summed E-state index contributed by atoms with van der Waals surface area (Å²) in [6.45, 7) is -2.77.